The summed E-state index contributed by atoms with van der Waals surface area (Å²) in [6.45, 7) is 2.45. The van der Waals surface area contributed by atoms with E-state index in [-0.39, 0.29) is 18.2 Å². The van der Waals surface area contributed by atoms with Crippen LogP contribution in [0.15, 0.2) is 72.9 Å². The first kappa shape index (κ1) is 22.3. The third-order valence-corrected chi connectivity index (χ3v) is 7.40. The summed E-state index contributed by atoms with van der Waals surface area (Å²) in [5.74, 6) is 1.59. The first-order valence-electron chi connectivity index (χ1n) is 11.7. The van der Waals surface area contributed by atoms with E-state index < -0.39 is 0 Å². The van der Waals surface area contributed by atoms with Crippen LogP contribution in [-0.2, 0) is 11.4 Å². The van der Waals surface area contributed by atoms with Crippen LogP contribution >= 0.6 is 11.3 Å². The van der Waals surface area contributed by atoms with Gasteiger partial charge in [0.2, 0.25) is 11.0 Å². The molecule has 5 aromatic rings. The number of ether oxygens (including phenoxy) is 2. The zero-order valence-electron chi connectivity index (χ0n) is 19.9. The molecule has 0 bridgehead atoms. The third kappa shape index (κ3) is 3.99. The van der Waals surface area contributed by atoms with Gasteiger partial charge in [-0.2, -0.15) is 9.78 Å². The van der Waals surface area contributed by atoms with Gasteiger partial charge in [0, 0.05) is 23.5 Å². The molecular weight excluding hydrogens is 472 g/mol. The Labute approximate surface area is 212 Å². The number of nitrogens with zero attached hydrogens (tertiary/aromatic N) is 3. The first-order chi connectivity index (χ1) is 17.6. The first-order valence-corrected chi connectivity index (χ1v) is 12.5. The molecule has 0 saturated heterocycles. The topological polar surface area (TPSA) is 78.3 Å². The van der Waals surface area contributed by atoms with E-state index in [0.29, 0.717) is 29.1 Å². The molecule has 3 aromatic carbocycles. The van der Waals surface area contributed by atoms with Gasteiger partial charge in [-0.15, -0.1) is 0 Å². The van der Waals surface area contributed by atoms with Crippen LogP contribution in [0.25, 0.3) is 15.3 Å². The van der Waals surface area contributed by atoms with E-state index in [1.165, 1.54) is 16.9 Å². The number of nitrogens with one attached hydrogen (secondary N) is 1. The molecule has 1 aliphatic rings. The van der Waals surface area contributed by atoms with Crippen molar-refractivity contribution in [3.8, 4) is 16.6 Å². The van der Waals surface area contributed by atoms with Crippen molar-refractivity contribution in [1.29, 1.82) is 0 Å². The summed E-state index contributed by atoms with van der Waals surface area (Å²) in [7, 11) is 1.63. The predicted molar refractivity (Wildman–Crippen MR) is 140 cm³/mol. The van der Waals surface area contributed by atoms with E-state index in [9.17, 15) is 4.79 Å². The number of amides is 1. The molecule has 6 rings (SSSR count). The standard InChI is InChI=1S/C28H24N4O3S/c1-17-10-12-18(13-11-17)16-35-26-19(6-5-8-23(26)34-2)20-14-25(33)31-27-21(20)15-29-32(27)28-30-22-7-3-4-9-24(22)36-28/h3-13,15,20H,14,16H2,1-2H3,(H,31,33)/t20-/m0/s1. The number of methoxy groups -OCH3 is 1. The van der Waals surface area contributed by atoms with Crippen molar-refractivity contribution >= 4 is 33.3 Å². The minimum atomic E-state index is -0.236. The number of rotatable bonds is 6. The molecule has 0 saturated carbocycles. The Bertz CT molecular complexity index is 1540. The maximum Gasteiger partial charge on any atom is 0.226 e. The lowest BCUT2D eigenvalue weighted by Crippen LogP contribution is -2.25. The van der Waals surface area contributed by atoms with E-state index in [4.69, 9.17) is 14.5 Å². The van der Waals surface area contributed by atoms with Crippen molar-refractivity contribution in [3.05, 3.63) is 95.2 Å². The normalized spacial score (nSPS) is 14.9. The molecular formula is C28H24N4O3S. The molecule has 1 amide bonds. The Kier molecular flexibility index (Phi) is 5.65. The molecule has 0 aliphatic carbocycles. The fraction of sp³-hybridized carbons (Fsp3) is 0.179. The van der Waals surface area contributed by atoms with Crippen LogP contribution in [0.5, 0.6) is 11.5 Å². The van der Waals surface area contributed by atoms with E-state index in [0.717, 1.165) is 26.9 Å². The van der Waals surface area contributed by atoms with E-state index >= 15 is 0 Å². The molecule has 0 unspecified atom stereocenters. The summed E-state index contributed by atoms with van der Waals surface area (Å²) >= 11 is 1.54. The van der Waals surface area contributed by atoms with Gasteiger partial charge >= 0.3 is 0 Å². The lowest BCUT2D eigenvalue weighted by atomic mass is 9.86. The maximum absolute atomic E-state index is 12.9. The highest BCUT2D eigenvalue weighted by atomic mass is 32.1. The van der Waals surface area contributed by atoms with Crippen LogP contribution in [0.3, 0.4) is 0 Å². The zero-order chi connectivity index (χ0) is 24.6. The van der Waals surface area contributed by atoms with Gasteiger partial charge < -0.3 is 14.8 Å². The van der Waals surface area contributed by atoms with E-state index in [1.807, 2.05) is 48.7 Å². The number of hydrogen-bond donors (Lipinski definition) is 1. The van der Waals surface area contributed by atoms with Crippen LogP contribution in [-0.4, -0.2) is 27.8 Å². The number of para-hydroxylation sites is 2. The average Bonchev–Trinajstić information content (AvgIpc) is 3.51. The Balaban J connectivity index is 1.40. The smallest absolute Gasteiger partial charge is 0.226 e. The Morgan fingerprint density at radius 3 is 2.69 bits per heavy atom. The Morgan fingerprint density at radius 1 is 1.06 bits per heavy atom. The highest BCUT2D eigenvalue weighted by Gasteiger charge is 2.33. The molecule has 36 heavy (non-hydrogen) atoms. The van der Waals surface area contributed by atoms with Crippen LogP contribution in [0.4, 0.5) is 5.82 Å². The van der Waals surface area contributed by atoms with Crippen LogP contribution in [0.2, 0.25) is 0 Å². The molecule has 1 aliphatic heterocycles. The highest BCUT2D eigenvalue weighted by Crippen LogP contribution is 2.45. The lowest BCUT2D eigenvalue weighted by molar-refractivity contribution is -0.116. The van der Waals surface area contributed by atoms with Crippen molar-refractivity contribution < 1.29 is 14.3 Å². The number of carbonyl (C=O) groups is 1. The number of thiazole rings is 1. The molecule has 8 heteroatoms. The van der Waals surface area contributed by atoms with Crippen molar-refractivity contribution in [2.24, 2.45) is 0 Å². The monoisotopic (exact) mass is 496 g/mol. The van der Waals surface area contributed by atoms with Crippen LogP contribution < -0.4 is 14.8 Å². The minimum Gasteiger partial charge on any atom is -0.493 e. The SMILES string of the molecule is COc1cccc([C@@H]2CC(=O)Nc3c2cnn3-c2nc3ccccc3s2)c1OCc1ccc(C)cc1. The number of aromatic nitrogens is 3. The summed E-state index contributed by atoms with van der Waals surface area (Å²) in [6.07, 6.45) is 2.10. The summed E-state index contributed by atoms with van der Waals surface area (Å²) in [4.78, 5) is 17.6. The van der Waals surface area contributed by atoms with Gasteiger partial charge in [-0.05, 0) is 30.7 Å². The van der Waals surface area contributed by atoms with Gasteiger partial charge in [-0.25, -0.2) is 4.98 Å². The third-order valence-electron chi connectivity index (χ3n) is 6.39. The van der Waals surface area contributed by atoms with Gasteiger partial charge in [-0.1, -0.05) is 65.4 Å². The average molecular weight is 497 g/mol. The number of hydrogen-bond acceptors (Lipinski definition) is 6. The Hall–Kier alpha value is -4.17. The lowest BCUT2D eigenvalue weighted by Gasteiger charge is -2.26. The molecule has 7 nitrogen and oxygen atoms in total. The predicted octanol–water partition coefficient (Wildman–Crippen LogP) is 5.85. The summed E-state index contributed by atoms with van der Waals surface area (Å²) in [6, 6.07) is 22.0. The second-order valence-corrected chi connectivity index (χ2v) is 9.79. The van der Waals surface area contributed by atoms with Crippen LogP contribution in [0.1, 0.15) is 34.6 Å². The van der Waals surface area contributed by atoms with Gasteiger partial charge in [0.15, 0.2) is 11.5 Å². The van der Waals surface area contributed by atoms with Crippen molar-refractivity contribution in [2.75, 3.05) is 12.4 Å². The second-order valence-electron chi connectivity index (χ2n) is 8.78. The maximum atomic E-state index is 12.9. The second kappa shape index (κ2) is 9.13. The largest absolute Gasteiger partial charge is 0.493 e. The van der Waals surface area contributed by atoms with Gasteiger partial charge in [-0.3, -0.25) is 4.79 Å². The molecule has 1 N–H and O–H groups in total. The number of carbonyl (C=O) groups excluding carboxylic acids is 1. The van der Waals surface area contributed by atoms with E-state index in [2.05, 4.69) is 41.6 Å². The van der Waals surface area contributed by atoms with Crippen LogP contribution in [0, 0.1) is 6.92 Å². The number of anilines is 1. The molecule has 0 fully saturated rings. The van der Waals surface area contributed by atoms with Gasteiger partial charge in [0.25, 0.3) is 0 Å². The minimum absolute atomic E-state index is 0.0809. The van der Waals surface area contributed by atoms with Gasteiger partial charge in [0.05, 0.1) is 23.5 Å². The fourth-order valence-corrected chi connectivity index (χ4v) is 5.49. The molecule has 1 atom stereocenters. The van der Waals surface area contributed by atoms with Crippen molar-refractivity contribution in [3.63, 3.8) is 0 Å². The number of aryl methyl sites for hydroxylation is 1. The van der Waals surface area contributed by atoms with Gasteiger partial charge in [0.1, 0.15) is 12.4 Å². The zero-order valence-corrected chi connectivity index (χ0v) is 20.7. The molecule has 3 heterocycles. The van der Waals surface area contributed by atoms with Crippen molar-refractivity contribution in [1.82, 2.24) is 14.8 Å². The summed E-state index contributed by atoms with van der Waals surface area (Å²) in [5.41, 5.74) is 4.97. The summed E-state index contributed by atoms with van der Waals surface area (Å²) < 4.78 is 14.8. The molecule has 2 aromatic heterocycles. The highest BCUT2D eigenvalue weighted by molar-refractivity contribution is 7.20. The number of fused-ring (bicyclic) bond motifs is 2. The quantitative estimate of drug-likeness (QED) is 0.319. The fourth-order valence-electron chi connectivity index (χ4n) is 4.56. The molecule has 0 radical (unpaired) electrons. The molecule has 180 valence electrons. The number of benzene rings is 3. The molecule has 0 spiro atoms. The van der Waals surface area contributed by atoms with Crippen molar-refractivity contribution in [2.45, 2.75) is 25.9 Å². The Morgan fingerprint density at radius 2 is 1.89 bits per heavy atom. The summed E-state index contributed by atoms with van der Waals surface area (Å²) in [5, 5.41) is 8.35. The van der Waals surface area contributed by atoms with E-state index in [1.54, 1.807) is 11.8 Å².